The first-order valence-electron chi connectivity index (χ1n) is 19.3. The van der Waals surface area contributed by atoms with Gasteiger partial charge in [-0.25, -0.2) is 0 Å². The van der Waals surface area contributed by atoms with Gasteiger partial charge in [0.1, 0.15) is 0 Å². The molecule has 0 aromatic heterocycles. The number of allylic oxidation sites excluding steroid dienone is 28. The summed E-state index contributed by atoms with van der Waals surface area (Å²) in [6.07, 6.45) is 55.9. The molecule has 0 fully saturated rings. The van der Waals surface area contributed by atoms with Crippen LogP contribution in [0.15, 0.2) is 190 Å². The van der Waals surface area contributed by atoms with E-state index in [1.165, 1.54) is 57.6 Å². The van der Waals surface area contributed by atoms with Crippen LogP contribution in [0.3, 0.4) is 0 Å². The zero-order chi connectivity index (χ0) is 33.0. The maximum atomic E-state index is 2.63. The molecule has 246 valence electrons. The summed E-state index contributed by atoms with van der Waals surface area (Å²) in [4.78, 5) is 0. The van der Waals surface area contributed by atoms with Crippen LogP contribution in [0.5, 0.6) is 0 Å². The van der Waals surface area contributed by atoms with Gasteiger partial charge in [-0.05, 0) is 147 Å². The fraction of sp³-hybridized carbons (Fsp3) is 0.280. The largest absolute Gasteiger partial charge is 0.0842 e. The predicted molar refractivity (Wildman–Crippen MR) is 210 cm³/mol. The minimum absolute atomic E-state index is 0.442. The van der Waals surface area contributed by atoms with E-state index >= 15 is 0 Å². The van der Waals surface area contributed by atoms with Crippen LogP contribution in [-0.4, -0.2) is 0 Å². The molecule has 0 heterocycles. The number of benzene rings is 1. The standard InChI is InChI=1S/C50H46/c1-3-11-39-29-41(27-21-33(39)9-1)35-17-23-37(24-18-35)47-31-49-46-16-8-6-14-44(46)48(32-50(49)45-15-7-5-13-43(45)47)38-25-19-36(20-26-38)42-28-22-34-10-2-4-12-40(34)30-42/h1-3,5-11,13-17,19,21-23,25,27-28,31,39-40,43,45,50H,4,12,18,20,24,26,29-30,32H2. The first-order valence-corrected chi connectivity index (χ1v) is 19.3. The van der Waals surface area contributed by atoms with Gasteiger partial charge in [0.2, 0.25) is 0 Å². The van der Waals surface area contributed by atoms with Crippen LogP contribution in [0.25, 0.3) is 11.1 Å². The second-order valence-corrected chi connectivity index (χ2v) is 15.7. The number of rotatable bonds is 4. The van der Waals surface area contributed by atoms with Crippen LogP contribution >= 0.6 is 0 Å². The summed E-state index contributed by atoms with van der Waals surface area (Å²) in [7, 11) is 0. The quantitative estimate of drug-likeness (QED) is 0.305. The molecule has 10 rings (SSSR count). The van der Waals surface area contributed by atoms with E-state index in [-0.39, 0.29) is 0 Å². The Morgan fingerprint density at radius 3 is 2.08 bits per heavy atom. The fourth-order valence-electron chi connectivity index (χ4n) is 10.4. The summed E-state index contributed by atoms with van der Waals surface area (Å²) in [5.74, 6) is 2.69. The van der Waals surface area contributed by atoms with Gasteiger partial charge >= 0.3 is 0 Å². The zero-order valence-electron chi connectivity index (χ0n) is 29.0. The average Bonchev–Trinajstić information content (AvgIpc) is 3.20. The molecule has 0 nitrogen and oxygen atoms in total. The predicted octanol–water partition coefficient (Wildman–Crippen LogP) is 10.8. The third-order valence-electron chi connectivity index (χ3n) is 13.1. The van der Waals surface area contributed by atoms with Crippen molar-refractivity contribution in [3.8, 4) is 0 Å². The fourth-order valence-corrected chi connectivity index (χ4v) is 10.4. The van der Waals surface area contributed by atoms with Crippen molar-refractivity contribution in [1.29, 1.82) is 0 Å². The monoisotopic (exact) mass is 646 g/mol. The molecule has 9 aliphatic carbocycles. The van der Waals surface area contributed by atoms with Crippen LogP contribution in [0, 0.1) is 29.6 Å². The molecule has 0 spiro atoms. The summed E-state index contributed by atoms with van der Waals surface area (Å²) < 4.78 is 0. The Balaban J connectivity index is 1.01. The van der Waals surface area contributed by atoms with Crippen molar-refractivity contribution in [1.82, 2.24) is 0 Å². The highest BCUT2D eigenvalue weighted by molar-refractivity contribution is 5.77. The molecule has 50 heavy (non-hydrogen) atoms. The molecule has 0 aliphatic heterocycles. The molecular weight excluding hydrogens is 601 g/mol. The maximum absolute atomic E-state index is 2.63. The SMILES string of the molecule is C1=CC2=CC=C(C3=CC=C(C4=CC5=c6ccccc6=C(C6=CC=C(C7=CC=C8C=CCCC8C7)CC6)CC5C5C=CC=CC45)CC3)CC2C=C1. The van der Waals surface area contributed by atoms with Crippen molar-refractivity contribution < 1.29 is 0 Å². The lowest BCUT2D eigenvalue weighted by molar-refractivity contribution is 0.405. The van der Waals surface area contributed by atoms with Gasteiger partial charge < -0.3 is 0 Å². The zero-order valence-corrected chi connectivity index (χ0v) is 29.0. The molecule has 0 N–H and O–H groups in total. The first kappa shape index (κ1) is 30.2. The number of hydrogen-bond donors (Lipinski definition) is 0. The van der Waals surface area contributed by atoms with Gasteiger partial charge in [0.25, 0.3) is 0 Å². The summed E-state index contributed by atoms with van der Waals surface area (Å²) in [5.41, 5.74) is 16.9. The minimum Gasteiger partial charge on any atom is -0.0842 e. The highest BCUT2D eigenvalue weighted by Gasteiger charge is 2.39. The highest BCUT2D eigenvalue weighted by Crippen LogP contribution is 2.50. The molecule has 5 unspecified atom stereocenters. The third-order valence-corrected chi connectivity index (χ3v) is 13.1. The summed E-state index contributed by atoms with van der Waals surface area (Å²) >= 11 is 0. The highest BCUT2D eigenvalue weighted by atomic mass is 14.4. The van der Waals surface area contributed by atoms with Gasteiger partial charge in [0.15, 0.2) is 0 Å². The lowest BCUT2D eigenvalue weighted by Crippen LogP contribution is -2.41. The number of fused-ring (bicyclic) bond motifs is 6. The van der Waals surface area contributed by atoms with Crippen molar-refractivity contribution in [3.63, 3.8) is 0 Å². The van der Waals surface area contributed by atoms with E-state index in [1.807, 2.05) is 0 Å². The molecular formula is C50H46. The van der Waals surface area contributed by atoms with Crippen LogP contribution in [0.1, 0.15) is 57.8 Å². The van der Waals surface area contributed by atoms with Crippen molar-refractivity contribution in [2.24, 2.45) is 29.6 Å². The molecule has 0 saturated heterocycles. The van der Waals surface area contributed by atoms with Gasteiger partial charge in [-0.1, -0.05) is 140 Å². The lowest BCUT2D eigenvalue weighted by atomic mass is 9.62. The number of hydrogen-bond acceptors (Lipinski definition) is 0. The smallest absolute Gasteiger partial charge is 0.00928 e. The second-order valence-electron chi connectivity index (χ2n) is 15.7. The van der Waals surface area contributed by atoms with Crippen molar-refractivity contribution in [2.45, 2.75) is 57.8 Å². The Morgan fingerprint density at radius 2 is 1.24 bits per heavy atom. The molecule has 1 aromatic rings. The van der Waals surface area contributed by atoms with Gasteiger partial charge in [0, 0.05) is 11.8 Å². The van der Waals surface area contributed by atoms with E-state index in [0.717, 1.165) is 38.5 Å². The van der Waals surface area contributed by atoms with Gasteiger partial charge in [-0.3, -0.25) is 0 Å². The molecule has 1 aromatic carbocycles. The normalized spacial score (nSPS) is 30.5. The van der Waals surface area contributed by atoms with Gasteiger partial charge in [0.05, 0.1) is 0 Å². The lowest BCUT2D eigenvalue weighted by Gasteiger charge is -2.42. The molecule has 0 saturated carbocycles. The van der Waals surface area contributed by atoms with Crippen molar-refractivity contribution in [3.05, 3.63) is 200 Å². The minimum atomic E-state index is 0.442. The van der Waals surface area contributed by atoms with Gasteiger partial charge in [-0.15, -0.1) is 0 Å². The maximum Gasteiger partial charge on any atom is 0.00928 e. The molecule has 5 atom stereocenters. The summed E-state index contributed by atoms with van der Waals surface area (Å²) in [6, 6.07) is 9.33. The van der Waals surface area contributed by atoms with E-state index in [2.05, 4.69) is 140 Å². The average molecular weight is 647 g/mol. The Labute approximate surface area is 297 Å². The molecule has 0 amide bonds. The van der Waals surface area contributed by atoms with Crippen LogP contribution in [0.2, 0.25) is 0 Å². The Kier molecular flexibility index (Phi) is 7.59. The summed E-state index contributed by atoms with van der Waals surface area (Å²) in [5, 5.41) is 2.93. The topological polar surface area (TPSA) is 0 Å². The van der Waals surface area contributed by atoms with Crippen LogP contribution < -0.4 is 10.4 Å². The van der Waals surface area contributed by atoms with E-state index in [9.17, 15) is 0 Å². The summed E-state index contributed by atoms with van der Waals surface area (Å²) in [6.45, 7) is 0. The molecule has 0 heteroatoms. The molecule has 0 bridgehead atoms. The van der Waals surface area contributed by atoms with Crippen LogP contribution in [0.4, 0.5) is 0 Å². The Bertz CT molecular complexity index is 2240. The van der Waals surface area contributed by atoms with Crippen molar-refractivity contribution >= 4 is 11.1 Å². The van der Waals surface area contributed by atoms with Crippen LogP contribution in [-0.2, 0) is 0 Å². The van der Waals surface area contributed by atoms with Crippen molar-refractivity contribution in [2.75, 3.05) is 0 Å². The molecule has 9 aliphatic rings. The third kappa shape index (κ3) is 5.27. The Hall–Kier alpha value is -4.68. The first-order chi connectivity index (χ1) is 24.8. The second kappa shape index (κ2) is 12.6. The molecule has 0 radical (unpaired) electrons. The van der Waals surface area contributed by atoms with E-state index < -0.39 is 0 Å². The van der Waals surface area contributed by atoms with Gasteiger partial charge in [-0.2, -0.15) is 0 Å². The van der Waals surface area contributed by atoms with E-state index in [4.69, 9.17) is 0 Å². The van der Waals surface area contributed by atoms with E-state index in [1.54, 1.807) is 33.4 Å². The Morgan fingerprint density at radius 1 is 0.540 bits per heavy atom. The van der Waals surface area contributed by atoms with E-state index in [0.29, 0.717) is 29.6 Å².